The Balaban J connectivity index is 2.38. The van der Waals surface area contributed by atoms with E-state index in [0.717, 1.165) is 19.3 Å². The highest BCUT2D eigenvalue weighted by atomic mass is 32.2. The molecule has 1 aliphatic rings. The summed E-state index contributed by atoms with van der Waals surface area (Å²) in [4.78, 5) is 0.256. The lowest BCUT2D eigenvalue weighted by molar-refractivity contribution is 0.192. The van der Waals surface area contributed by atoms with Crippen molar-refractivity contribution < 1.29 is 13.5 Å². The quantitative estimate of drug-likeness (QED) is 0.919. The maximum atomic E-state index is 12.9. The molecule has 1 aromatic carbocycles. The van der Waals surface area contributed by atoms with Gasteiger partial charge in [0, 0.05) is 19.2 Å². The fourth-order valence-corrected chi connectivity index (χ4v) is 4.79. The van der Waals surface area contributed by atoms with Crippen molar-refractivity contribution in [1.29, 1.82) is 5.26 Å². The fraction of sp³-hybridized carbons (Fsp3) is 0.533. The Labute approximate surface area is 125 Å². The smallest absolute Gasteiger partial charge is 0.243 e. The minimum atomic E-state index is -3.58. The average molecular weight is 308 g/mol. The van der Waals surface area contributed by atoms with Gasteiger partial charge in [0.25, 0.3) is 0 Å². The Morgan fingerprint density at radius 2 is 2.19 bits per heavy atom. The number of aryl methyl sites for hydroxylation is 1. The van der Waals surface area contributed by atoms with Crippen molar-refractivity contribution in [2.45, 2.75) is 43.5 Å². The highest BCUT2D eigenvalue weighted by molar-refractivity contribution is 7.89. The number of sulfonamides is 1. The van der Waals surface area contributed by atoms with E-state index >= 15 is 0 Å². The van der Waals surface area contributed by atoms with Gasteiger partial charge in [-0.3, -0.25) is 0 Å². The Morgan fingerprint density at radius 3 is 2.81 bits per heavy atom. The van der Waals surface area contributed by atoms with E-state index in [9.17, 15) is 8.42 Å². The van der Waals surface area contributed by atoms with Gasteiger partial charge in [0.05, 0.1) is 16.5 Å². The van der Waals surface area contributed by atoms with Gasteiger partial charge in [-0.15, -0.1) is 0 Å². The molecule has 0 spiro atoms. The van der Waals surface area contributed by atoms with Crippen LogP contribution in [0.4, 0.5) is 0 Å². The van der Waals surface area contributed by atoms with E-state index in [1.54, 1.807) is 13.0 Å². The van der Waals surface area contributed by atoms with Gasteiger partial charge in [-0.1, -0.05) is 6.42 Å². The van der Waals surface area contributed by atoms with Crippen LogP contribution in [-0.4, -0.2) is 37.0 Å². The first-order valence-corrected chi connectivity index (χ1v) is 8.58. The molecule has 0 bridgehead atoms. The lowest BCUT2D eigenvalue weighted by Crippen LogP contribution is -2.44. The van der Waals surface area contributed by atoms with Crippen molar-refractivity contribution in [1.82, 2.24) is 4.31 Å². The number of benzene rings is 1. The molecule has 1 aliphatic heterocycles. The van der Waals surface area contributed by atoms with Gasteiger partial charge in [-0.05, 0) is 49.9 Å². The topological polar surface area (TPSA) is 81.4 Å². The summed E-state index contributed by atoms with van der Waals surface area (Å²) < 4.78 is 27.2. The Morgan fingerprint density at radius 1 is 1.43 bits per heavy atom. The molecule has 1 heterocycles. The van der Waals surface area contributed by atoms with Crippen LogP contribution < -0.4 is 0 Å². The summed E-state index contributed by atoms with van der Waals surface area (Å²) in [6, 6.07) is 6.51. The van der Waals surface area contributed by atoms with Crippen LogP contribution in [0.25, 0.3) is 0 Å². The molecule has 0 saturated carbocycles. The molecule has 1 fully saturated rings. The fourth-order valence-electron chi connectivity index (χ4n) is 2.86. The number of rotatable bonds is 4. The number of aliphatic hydroxyl groups is 1. The van der Waals surface area contributed by atoms with Crippen molar-refractivity contribution >= 4 is 10.0 Å². The van der Waals surface area contributed by atoms with Crippen molar-refractivity contribution in [2.75, 3.05) is 13.2 Å². The lowest BCUT2D eigenvalue weighted by Gasteiger charge is -2.34. The molecule has 2 rings (SSSR count). The molecule has 0 radical (unpaired) electrons. The predicted molar refractivity (Wildman–Crippen MR) is 79.1 cm³/mol. The summed E-state index contributed by atoms with van der Waals surface area (Å²) in [5.74, 6) is 0. The van der Waals surface area contributed by atoms with E-state index in [-0.39, 0.29) is 17.5 Å². The largest absolute Gasteiger partial charge is 0.396 e. The van der Waals surface area contributed by atoms with E-state index in [1.807, 2.05) is 6.07 Å². The Bertz CT molecular complexity index is 647. The molecule has 0 aliphatic carbocycles. The van der Waals surface area contributed by atoms with Crippen LogP contribution in [0, 0.1) is 18.3 Å². The van der Waals surface area contributed by atoms with E-state index in [4.69, 9.17) is 10.4 Å². The normalized spacial score (nSPS) is 20.1. The third-order valence-electron chi connectivity index (χ3n) is 3.93. The Kier molecular flexibility index (Phi) is 4.99. The molecular weight excluding hydrogens is 288 g/mol. The second-order valence-corrected chi connectivity index (χ2v) is 7.23. The molecule has 1 atom stereocenters. The minimum absolute atomic E-state index is 0.0109. The molecule has 5 nitrogen and oxygen atoms in total. The monoisotopic (exact) mass is 308 g/mol. The number of hydrogen-bond acceptors (Lipinski definition) is 4. The molecule has 114 valence electrons. The van der Waals surface area contributed by atoms with Crippen LogP contribution in [-0.2, 0) is 10.0 Å². The van der Waals surface area contributed by atoms with Crippen molar-refractivity contribution in [3.8, 4) is 6.07 Å². The molecule has 1 saturated heterocycles. The average Bonchev–Trinajstić information content (AvgIpc) is 2.47. The van der Waals surface area contributed by atoms with Crippen molar-refractivity contribution in [3.05, 3.63) is 29.3 Å². The Hall–Kier alpha value is -1.42. The van der Waals surface area contributed by atoms with Gasteiger partial charge in [-0.2, -0.15) is 9.57 Å². The van der Waals surface area contributed by atoms with Gasteiger partial charge >= 0.3 is 0 Å². The number of nitrogens with zero attached hydrogens (tertiary/aromatic N) is 2. The standard InChI is InChI=1S/C15H20N2O3S/c1-12-10-13(11-16)5-6-15(12)21(19,20)17-8-3-2-4-14(17)7-9-18/h5-6,10,14,18H,2-4,7-9H2,1H3. The first-order valence-electron chi connectivity index (χ1n) is 7.14. The third kappa shape index (κ3) is 3.26. The van der Waals surface area contributed by atoms with E-state index in [1.165, 1.54) is 16.4 Å². The number of hydrogen-bond donors (Lipinski definition) is 1. The maximum Gasteiger partial charge on any atom is 0.243 e. The maximum absolute atomic E-state index is 12.9. The molecule has 6 heteroatoms. The van der Waals surface area contributed by atoms with Gasteiger partial charge in [0.15, 0.2) is 0 Å². The number of piperidine rings is 1. The molecule has 21 heavy (non-hydrogen) atoms. The summed E-state index contributed by atoms with van der Waals surface area (Å²) in [5.41, 5.74) is 1.04. The molecule has 0 amide bonds. The first kappa shape index (κ1) is 16.0. The van der Waals surface area contributed by atoms with Gasteiger partial charge < -0.3 is 5.11 Å². The molecule has 1 aromatic rings. The molecular formula is C15H20N2O3S. The first-order chi connectivity index (χ1) is 10.0. The van der Waals surface area contributed by atoms with Crippen LogP contribution in [0.1, 0.15) is 36.8 Å². The summed E-state index contributed by atoms with van der Waals surface area (Å²) in [6.07, 6.45) is 3.09. The van der Waals surface area contributed by atoms with Crippen LogP contribution in [0.15, 0.2) is 23.1 Å². The zero-order valence-electron chi connectivity index (χ0n) is 12.1. The number of aliphatic hydroxyl groups excluding tert-OH is 1. The SMILES string of the molecule is Cc1cc(C#N)ccc1S(=O)(=O)N1CCCCC1CCO. The van der Waals surface area contributed by atoms with Gasteiger partial charge in [0.2, 0.25) is 10.0 Å². The predicted octanol–water partition coefficient (Wildman–Crippen LogP) is 1.79. The summed E-state index contributed by atoms with van der Waals surface area (Å²) in [6.45, 7) is 2.19. The highest BCUT2D eigenvalue weighted by Crippen LogP contribution is 2.28. The zero-order valence-corrected chi connectivity index (χ0v) is 12.9. The van der Waals surface area contributed by atoms with Crippen LogP contribution in [0.5, 0.6) is 0 Å². The van der Waals surface area contributed by atoms with Gasteiger partial charge in [-0.25, -0.2) is 8.42 Å². The molecule has 1 unspecified atom stereocenters. The van der Waals surface area contributed by atoms with E-state index in [2.05, 4.69) is 0 Å². The summed E-state index contributed by atoms with van der Waals surface area (Å²) >= 11 is 0. The van der Waals surface area contributed by atoms with E-state index < -0.39 is 10.0 Å². The zero-order chi connectivity index (χ0) is 15.5. The number of nitriles is 1. The summed E-state index contributed by atoms with van der Waals surface area (Å²) in [5, 5.41) is 18.0. The summed E-state index contributed by atoms with van der Waals surface area (Å²) in [7, 11) is -3.58. The second-order valence-electron chi connectivity index (χ2n) is 5.37. The highest BCUT2D eigenvalue weighted by Gasteiger charge is 2.33. The van der Waals surface area contributed by atoms with Gasteiger partial charge in [0.1, 0.15) is 0 Å². The van der Waals surface area contributed by atoms with Crippen LogP contribution >= 0.6 is 0 Å². The molecule has 1 N–H and O–H groups in total. The molecule has 0 aromatic heterocycles. The second kappa shape index (κ2) is 6.56. The third-order valence-corrected chi connectivity index (χ3v) is 6.04. The van der Waals surface area contributed by atoms with Crippen LogP contribution in [0.2, 0.25) is 0 Å². The van der Waals surface area contributed by atoms with Crippen molar-refractivity contribution in [3.63, 3.8) is 0 Å². The van der Waals surface area contributed by atoms with E-state index in [0.29, 0.717) is 24.1 Å². The van der Waals surface area contributed by atoms with Crippen LogP contribution in [0.3, 0.4) is 0 Å². The lowest BCUT2D eigenvalue weighted by atomic mass is 10.0. The van der Waals surface area contributed by atoms with Crippen molar-refractivity contribution in [2.24, 2.45) is 0 Å². The minimum Gasteiger partial charge on any atom is -0.396 e.